The number of aromatic nitrogens is 2. The predicted molar refractivity (Wildman–Crippen MR) is 78.3 cm³/mol. The van der Waals surface area contributed by atoms with Gasteiger partial charge in [-0.2, -0.15) is 0 Å². The van der Waals surface area contributed by atoms with Gasteiger partial charge in [-0.25, -0.2) is 4.98 Å². The van der Waals surface area contributed by atoms with Crippen LogP contribution in [0.3, 0.4) is 0 Å². The molecule has 3 heteroatoms. The Balaban J connectivity index is 1.74. The second-order valence-corrected chi connectivity index (χ2v) is 5.97. The van der Waals surface area contributed by atoms with Crippen LogP contribution in [0.1, 0.15) is 32.5 Å². The van der Waals surface area contributed by atoms with Crippen LogP contribution in [0.5, 0.6) is 0 Å². The highest BCUT2D eigenvalue weighted by molar-refractivity contribution is 5.45. The van der Waals surface area contributed by atoms with E-state index in [4.69, 9.17) is 0 Å². The zero-order chi connectivity index (χ0) is 13.2. The van der Waals surface area contributed by atoms with E-state index < -0.39 is 0 Å². The Morgan fingerprint density at radius 1 is 1.37 bits per heavy atom. The third kappa shape index (κ3) is 2.66. The van der Waals surface area contributed by atoms with E-state index in [0.29, 0.717) is 6.04 Å². The largest absolute Gasteiger partial charge is 0.304 e. The molecule has 0 saturated carbocycles. The number of hydrogen-bond acceptors (Lipinski definition) is 2. The van der Waals surface area contributed by atoms with Crippen LogP contribution < -0.4 is 0 Å². The molecule has 0 spiro atoms. The molecule has 0 amide bonds. The third-order valence-electron chi connectivity index (χ3n) is 4.27. The highest BCUT2D eigenvalue weighted by Gasteiger charge is 2.22. The third-order valence-corrected chi connectivity index (χ3v) is 4.27. The maximum atomic E-state index is 4.60. The number of nitrogens with zero attached hydrogens (tertiary/aromatic N) is 3. The summed E-state index contributed by atoms with van der Waals surface area (Å²) in [6.45, 7) is 7.08. The molecule has 0 radical (unpaired) electrons. The minimum atomic E-state index is 0.666. The molecule has 1 unspecified atom stereocenters. The first kappa shape index (κ1) is 12.7. The molecule has 2 aromatic heterocycles. The minimum Gasteiger partial charge on any atom is -0.304 e. The molecule has 0 bridgehead atoms. The summed E-state index contributed by atoms with van der Waals surface area (Å²) in [5, 5.41) is 0. The molecule has 19 heavy (non-hydrogen) atoms. The predicted octanol–water partition coefficient (Wildman–Crippen LogP) is 3.00. The molecular weight excluding hydrogens is 234 g/mol. The van der Waals surface area contributed by atoms with Crippen LogP contribution in [0.15, 0.2) is 30.6 Å². The van der Waals surface area contributed by atoms with Gasteiger partial charge in [0.25, 0.3) is 0 Å². The topological polar surface area (TPSA) is 20.5 Å². The lowest BCUT2D eigenvalue weighted by Crippen LogP contribution is -2.40. The second kappa shape index (κ2) is 5.33. The zero-order valence-corrected chi connectivity index (χ0v) is 11.9. The van der Waals surface area contributed by atoms with E-state index in [-0.39, 0.29) is 0 Å². The number of piperidine rings is 1. The quantitative estimate of drug-likeness (QED) is 0.842. The monoisotopic (exact) mass is 257 g/mol. The van der Waals surface area contributed by atoms with E-state index in [1.165, 1.54) is 37.3 Å². The Hall–Kier alpha value is -1.35. The second-order valence-electron chi connectivity index (χ2n) is 5.97. The fourth-order valence-electron chi connectivity index (χ4n) is 3.14. The standard InChI is InChI=1S/C16H23N3/c1-13(2)18-8-5-6-14(12-18)10-16-17-11-15-7-3-4-9-19(15)16/h3-4,7,9,11,13-14H,5-6,8,10,12H2,1-2H3. The van der Waals surface area contributed by atoms with E-state index in [1.807, 2.05) is 6.20 Å². The van der Waals surface area contributed by atoms with Gasteiger partial charge in [-0.1, -0.05) is 6.07 Å². The first-order valence-electron chi connectivity index (χ1n) is 7.39. The molecule has 0 aromatic carbocycles. The highest BCUT2D eigenvalue weighted by Crippen LogP contribution is 2.22. The minimum absolute atomic E-state index is 0.666. The molecule has 3 rings (SSSR count). The van der Waals surface area contributed by atoms with Crippen LogP contribution in [-0.4, -0.2) is 33.4 Å². The van der Waals surface area contributed by atoms with Crippen LogP contribution in [0.4, 0.5) is 0 Å². The fourth-order valence-corrected chi connectivity index (χ4v) is 3.14. The van der Waals surface area contributed by atoms with Gasteiger partial charge < -0.3 is 9.30 Å². The van der Waals surface area contributed by atoms with Gasteiger partial charge in [0.15, 0.2) is 0 Å². The molecule has 102 valence electrons. The number of likely N-dealkylation sites (tertiary alicyclic amines) is 1. The van der Waals surface area contributed by atoms with Crippen molar-refractivity contribution in [2.45, 2.75) is 39.2 Å². The van der Waals surface area contributed by atoms with Gasteiger partial charge in [0, 0.05) is 25.2 Å². The Kier molecular flexibility index (Phi) is 3.56. The molecule has 1 aliphatic heterocycles. The Morgan fingerprint density at radius 2 is 2.26 bits per heavy atom. The maximum Gasteiger partial charge on any atom is 0.113 e. The summed E-state index contributed by atoms with van der Waals surface area (Å²) in [6, 6.07) is 6.94. The summed E-state index contributed by atoms with van der Waals surface area (Å²) >= 11 is 0. The summed E-state index contributed by atoms with van der Waals surface area (Å²) in [6.07, 6.45) is 7.87. The van der Waals surface area contributed by atoms with Gasteiger partial charge >= 0.3 is 0 Å². The molecule has 2 aromatic rings. The van der Waals surface area contributed by atoms with Gasteiger partial charge in [-0.05, 0) is 51.3 Å². The van der Waals surface area contributed by atoms with Crippen molar-refractivity contribution in [3.05, 3.63) is 36.4 Å². The fraction of sp³-hybridized carbons (Fsp3) is 0.562. The van der Waals surface area contributed by atoms with Crippen LogP contribution in [0.2, 0.25) is 0 Å². The lowest BCUT2D eigenvalue weighted by molar-refractivity contribution is 0.138. The van der Waals surface area contributed by atoms with E-state index in [9.17, 15) is 0 Å². The van der Waals surface area contributed by atoms with Crippen LogP contribution in [0, 0.1) is 5.92 Å². The molecule has 1 aliphatic rings. The molecule has 3 heterocycles. The van der Waals surface area contributed by atoms with Crippen molar-refractivity contribution in [2.24, 2.45) is 5.92 Å². The lowest BCUT2D eigenvalue weighted by Gasteiger charge is -2.35. The summed E-state index contributed by atoms with van der Waals surface area (Å²) in [5.41, 5.74) is 1.20. The summed E-state index contributed by atoms with van der Waals surface area (Å²) in [5.74, 6) is 1.97. The average Bonchev–Trinajstić information content (AvgIpc) is 2.83. The zero-order valence-electron chi connectivity index (χ0n) is 11.9. The van der Waals surface area contributed by atoms with E-state index >= 15 is 0 Å². The molecule has 0 N–H and O–H groups in total. The molecule has 3 nitrogen and oxygen atoms in total. The summed E-state index contributed by atoms with van der Waals surface area (Å²) in [4.78, 5) is 7.20. The van der Waals surface area contributed by atoms with Crippen molar-refractivity contribution in [3.63, 3.8) is 0 Å². The van der Waals surface area contributed by atoms with Crippen molar-refractivity contribution in [3.8, 4) is 0 Å². The summed E-state index contributed by atoms with van der Waals surface area (Å²) < 4.78 is 2.23. The first-order chi connectivity index (χ1) is 9.24. The average molecular weight is 257 g/mol. The van der Waals surface area contributed by atoms with Crippen LogP contribution >= 0.6 is 0 Å². The molecule has 1 saturated heterocycles. The number of imidazole rings is 1. The Morgan fingerprint density at radius 3 is 3.11 bits per heavy atom. The van der Waals surface area contributed by atoms with Crippen molar-refractivity contribution in [1.82, 2.24) is 14.3 Å². The van der Waals surface area contributed by atoms with Crippen LogP contribution in [0.25, 0.3) is 5.52 Å². The molecule has 1 fully saturated rings. The lowest BCUT2D eigenvalue weighted by atomic mass is 9.93. The number of hydrogen-bond donors (Lipinski definition) is 0. The van der Waals surface area contributed by atoms with Gasteiger partial charge in [0.05, 0.1) is 11.7 Å². The number of fused-ring (bicyclic) bond motifs is 1. The van der Waals surface area contributed by atoms with E-state index in [2.05, 4.69) is 52.5 Å². The first-order valence-corrected chi connectivity index (χ1v) is 7.39. The van der Waals surface area contributed by atoms with E-state index in [1.54, 1.807) is 0 Å². The van der Waals surface area contributed by atoms with Gasteiger partial charge in [0.1, 0.15) is 5.82 Å². The number of rotatable bonds is 3. The van der Waals surface area contributed by atoms with Crippen molar-refractivity contribution in [2.75, 3.05) is 13.1 Å². The van der Waals surface area contributed by atoms with Gasteiger partial charge in [-0.15, -0.1) is 0 Å². The molecular formula is C16H23N3. The smallest absolute Gasteiger partial charge is 0.113 e. The normalized spacial score (nSPS) is 21.3. The van der Waals surface area contributed by atoms with Crippen molar-refractivity contribution in [1.29, 1.82) is 0 Å². The van der Waals surface area contributed by atoms with Crippen molar-refractivity contribution >= 4 is 5.52 Å². The van der Waals surface area contributed by atoms with Gasteiger partial charge in [0.2, 0.25) is 0 Å². The molecule has 0 aliphatic carbocycles. The number of pyridine rings is 1. The van der Waals surface area contributed by atoms with Crippen LogP contribution in [-0.2, 0) is 6.42 Å². The maximum absolute atomic E-state index is 4.60. The Bertz CT molecular complexity index is 544. The molecule has 1 atom stereocenters. The SMILES string of the molecule is CC(C)N1CCCC(Cc2ncc3ccccn23)C1. The highest BCUT2D eigenvalue weighted by atomic mass is 15.2. The summed E-state index contributed by atoms with van der Waals surface area (Å²) in [7, 11) is 0. The Labute approximate surface area is 115 Å². The van der Waals surface area contributed by atoms with Crippen molar-refractivity contribution < 1.29 is 0 Å². The van der Waals surface area contributed by atoms with Gasteiger partial charge in [-0.3, -0.25) is 0 Å². The van der Waals surface area contributed by atoms with E-state index in [0.717, 1.165) is 12.3 Å².